The molecule has 1 aliphatic rings. The largest absolute Gasteiger partial charge is 0.396 e. The van der Waals surface area contributed by atoms with Crippen molar-refractivity contribution in [3.8, 4) is 0 Å². The second-order valence-corrected chi connectivity index (χ2v) is 7.15. The van der Waals surface area contributed by atoms with Crippen LogP contribution in [0.2, 0.25) is 0 Å². The van der Waals surface area contributed by atoms with Crippen LogP contribution < -0.4 is 5.32 Å². The first-order chi connectivity index (χ1) is 12.0. The van der Waals surface area contributed by atoms with Crippen molar-refractivity contribution < 1.29 is 9.84 Å². The molecule has 1 saturated heterocycles. The van der Waals surface area contributed by atoms with Crippen molar-refractivity contribution in [2.24, 2.45) is 10.4 Å². The number of aliphatic imine (C=N–C) groups is 1. The highest BCUT2D eigenvalue weighted by molar-refractivity contribution is 14.0. The lowest BCUT2D eigenvalue weighted by molar-refractivity contribution is -0.00843. The number of nitrogens with one attached hydrogen (secondary N) is 1. The molecule has 0 aliphatic carbocycles. The van der Waals surface area contributed by atoms with Crippen molar-refractivity contribution in [1.82, 2.24) is 10.2 Å². The van der Waals surface area contributed by atoms with E-state index in [9.17, 15) is 5.11 Å². The average molecular weight is 475 g/mol. The quantitative estimate of drug-likeness (QED) is 0.377. The van der Waals surface area contributed by atoms with E-state index in [1.807, 2.05) is 0 Å². The van der Waals surface area contributed by atoms with Crippen molar-refractivity contribution in [1.29, 1.82) is 0 Å². The minimum absolute atomic E-state index is 0. The lowest BCUT2D eigenvalue weighted by Crippen LogP contribution is -2.48. The summed E-state index contributed by atoms with van der Waals surface area (Å²) in [6.45, 7) is 12.3. The normalized spacial score (nSPS) is 20.3. The molecule has 5 nitrogen and oxygen atoms in total. The first kappa shape index (κ1) is 23.2. The molecule has 0 bridgehead atoms. The van der Waals surface area contributed by atoms with E-state index >= 15 is 0 Å². The molecule has 1 fully saturated rings. The van der Waals surface area contributed by atoms with Crippen LogP contribution in [0, 0.1) is 12.3 Å². The molecule has 0 radical (unpaired) electrons. The van der Waals surface area contributed by atoms with Gasteiger partial charge in [-0.3, -0.25) is 4.99 Å². The number of aliphatic hydroxyl groups is 1. The second kappa shape index (κ2) is 11.1. The van der Waals surface area contributed by atoms with E-state index in [-0.39, 0.29) is 42.1 Å². The van der Waals surface area contributed by atoms with Gasteiger partial charge in [-0.1, -0.05) is 38.1 Å². The fourth-order valence-electron chi connectivity index (χ4n) is 2.94. The van der Waals surface area contributed by atoms with Gasteiger partial charge in [-0.2, -0.15) is 0 Å². The van der Waals surface area contributed by atoms with Crippen LogP contribution in [0.4, 0.5) is 0 Å². The number of nitrogens with zero attached hydrogens (tertiary/aromatic N) is 2. The van der Waals surface area contributed by atoms with Crippen molar-refractivity contribution in [2.75, 3.05) is 39.4 Å². The number of halogens is 1. The van der Waals surface area contributed by atoms with Crippen LogP contribution in [0.1, 0.15) is 44.4 Å². The lowest BCUT2D eigenvalue weighted by atomic mass is 9.89. The third kappa shape index (κ3) is 6.09. The molecule has 26 heavy (non-hydrogen) atoms. The van der Waals surface area contributed by atoms with Crippen LogP contribution in [0.3, 0.4) is 0 Å². The van der Waals surface area contributed by atoms with Crippen molar-refractivity contribution in [3.63, 3.8) is 0 Å². The molecule has 148 valence electrons. The summed E-state index contributed by atoms with van der Waals surface area (Å²) in [6, 6.07) is 8.40. The van der Waals surface area contributed by atoms with E-state index < -0.39 is 0 Å². The van der Waals surface area contributed by atoms with E-state index in [2.05, 4.69) is 62.2 Å². The number of hydrogen-bond donors (Lipinski definition) is 2. The Balaban J connectivity index is 0.00000338. The zero-order valence-corrected chi connectivity index (χ0v) is 18.8. The third-order valence-electron chi connectivity index (χ3n) is 5.08. The van der Waals surface area contributed by atoms with Gasteiger partial charge in [-0.05, 0) is 31.4 Å². The summed E-state index contributed by atoms with van der Waals surface area (Å²) in [6.07, 6.45) is 0.968. The van der Waals surface area contributed by atoms with Crippen LogP contribution in [0.5, 0.6) is 0 Å². The molecular formula is C20H34IN3O2. The Labute approximate surface area is 175 Å². The Morgan fingerprint density at radius 3 is 2.73 bits per heavy atom. The first-order valence-corrected chi connectivity index (χ1v) is 9.34. The van der Waals surface area contributed by atoms with Gasteiger partial charge in [-0.25, -0.2) is 0 Å². The van der Waals surface area contributed by atoms with Gasteiger partial charge in [-0.15, -0.1) is 24.0 Å². The van der Waals surface area contributed by atoms with E-state index in [0.717, 1.165) is 32.0 Å². The number of guanidine groups is 1. The van der Waals surface area contributed by atoms with Gasteiger partial charge in [0.15, 0.2) is 5.96 Å². The number of rotatable bonds is 6. The maximum absolute atomic E-state index is 9.64. The second-order valence-electron chi connectivity index (χ2n) is 7.15. The van der Waals surface area contributed by atoms with Crippen molar-refractivity contribution >= 4 is 29.9 Å². The highest BCUT2D eigenvalue weighted by Gasteiger charge is 2.26. The van der Waals surface area contributed by atoms with Crippen LogP contribution in [-0.4, -0.2) is 55.4 Å². The molecule has 0 aromatic heterocycles. The molecule has 0 amide bonds. The molecule has 6 heteroatoms. The predicted octanol–water partition coefficient (Wildman–Crippen LogP) is 3.36. The van der Waals surface area contributed by atoms with Crippen LogP contribution in [0.25, 0.3) is 0 Å². The minimum atomic E-state index is -0.164. The number of ether oxygens (including phenoxy) is 1. The molecular weight excluding hydrogens is 441 g/mol. The van der Waals surface area contributed by atoms with Gasteiger partial charge in [0.1, 0.15) is 6.10 Å². The monoisotopic (exact) mass is 475 g/mol. The van der Waals surface area contributed by atoms with Crippen molar-refractivity contribution in [2.45, 2.75) is 40.2 Å². The molecule has 1 aromatic carbocycles. The minimum Gasteiger partial charge on any atom is -0.396 e. The highest BCUT2D eigenvalue weighted by Crippen LogP contribution is 2.25. The van der Waals surface area contributed by atoms with Gasteiger partial charge < -0.3 is 20.1 Å². The molecule has 2 atom stereocenters. The third-order valence-corrected chi connectivity index (χ3v) is 5.08. The standard InChI is InChI=1S/C20H33N3O2.HI/c1-5-20(4,15-24)14-22-19(21-6-2)23-11-12-25-18(13-23)17-10-8-7-9-16(17)3;/h7-10,18,24H,5-6,11-15H2,1-4H3,(H,21,22);1H. The Morgan fingerprint density at radius 2 is 2.12 bits per heavy atom. The summed E-state index contributed by atoms with van der Waals surface area (Å²) in [5, 5.41) is 13.0. The average Bonchev–Trinajstić information content (AvgIpc) is 2.65. The maximum atomic E-state index is 9.64. The number of aliphatic hydroxyl groups excluding tert-OH is 1. The Kier molecular flexibility index (Phi) is 9.89. The van der Waals surface area contributed by atoms with Gasteiger partial charge in [0.25, 0.3) is 0 Å². The summed E-state index contributed by atoms with van der Waals surface area (Å²) < 4.78 is 6.03. The van der Waals surface area contributed by atoms with E-state index in [4.69, 9.17) is 9.73 Å². The Morgan fingerprint density at radius 1 is 1.38 bits per heavy atom. The highest BCUT2D eigenvalue weighted by atomic mass is 127. The van der Waals surface area contributed by atoms with E-state index in [1.54, 1.807) is 0 Å². The van der Waals surface area contributed by atoms with E-state index in [0.29, 0.717) is 13.2 Å². The summed E-state index contributed by atoms with van der Waals surface area (Å²) >= 11 is 0. The summed E-state index contributed by atoms with van der Waals surface area (Å²) in [5.41, 5.74) is 2.34. The number of morpholine rings is 1. The molecule has 1 heterocycles. The molecule has 1 aliphatic heterocycles. The molecule has 2 N–H and O–H groups in total. The number of aryl methyl sites for hydroxylation is 1. The predicted molar refractivity (Wildman–Crippen MR) is 118 cm³/mol. The topological polar surface area (TPSA) is 57.1 Å². The fraction of sp³-hybridized carbons (Fsp3) is 0.650. The number of benzene rings is 1. The zero-order chi connectivity index (χ0) is 18.3. The van der Waals surface area contributed by atoms with Gasteiger partial charge in [0.05, 0.1) is 26.3 Å². The molecule has 2 rings (SSSR count). The van der Waals surface area contributed by atoms with Crippen LogP contribution >= 0.6 is 24.0 Å². The van der Waals surface area contributed by atoms with Gasteiger partial charge in [0, 0.05) is 18.5 Å². The number of hydrogen-bond acceptors (Lipinski definition) is 3. The summed E-state index contributed by atoms with van der Waals surface area (Å²) in [7, 11) is 0. The molecule has 0 spiro atoms. The van der Waals surface area contributed by atoms with E-state index in [1.165, 1.54) is 11.1 Å². The van der Waals surface area contributed by atoms with Crippen LogP contribution in [0.15, 0.2) is 29.3 Å². The fourth-order valence-corrected chi connectivity index (χ4v) is 2.94. The zero-order valence-electron chi connectivity index (χ0n) is 16.5. The molecule has 2 unspecified atom stereocenters. The molecule has 1 aromatic rings. The van der Waals surface area contributed by atoms with Gasteiger partial charge >= 0.3 is 0 Å². The maximum Gasteiger partial charge on any atom is 0.194 e. The lowest BCUT2D eigenvalue weighted by Gasteiger charge is -2.36. The van der Waals surface area contributed by atoms with Crippen molar-refractivity contribution in [3.05, 3.63) is 35.4 Å². The SMILES string of the molecule is CCNC(=NCC(C)(CC)CO)N1CCOC(c2ccccc2C)C1.I. The van der Waals surface area contributed by atoms with Gasteiger partial charge in [0.2, 0.25) is 0 Å². The Bertz CT molecular complexity index is 576. The smallest absolute Gasteiger partial charge is 0.194 e. The van der Waals surface area contributed by atoms with Crippen LogP contribution in [-0.2, 0) is 4.74 Å². The molecule has 0 saturated carbocycles. The summed E-state index contributed by atoms with van der Waals surface area (Å²) in [4.78, 5) is 7.09. The summed E-state index contributed by atoms with van der Waals surface area (Å²) in [5.74, 6) is 0.914. The first-order valence-electron chi connectivity index (χ1n) is 9.34. The Hall–Kier alpha value is -0.860.